The van der Waals surface area contributed by atoms with Gasteiger partial charge in [-0.2, -0.15) is 0 Å². The van der Waals surface area contributed by atoms with Gasteiger partial charge in [0, 0.05) is 19.2 Å². The number of hydrogen-bond donors (Lipinski definition) is 1. The molecule has 1 saturated heterocycles. The number of nitro groups is 1. The highest BCUT2D eigenvalue weighted by Crippen LogP contribution is 2.20. The van der Waals surface area contributed by atoms with Gasteiger partial charge in [-0.25, -0.2) is 0 Å². The molecule has 0 bridgehead atoms. The Morgan fingerprint density at radius 3 is 2.64 bits per heavy atom. The lowest BCUT2D eigenvalue weighted by Gasteiger charge is -2.27. The molecule has 146 valence electrons. The van der Waals surface area contributed by atoms with Crippen LogP contribution < -0.4 is 10.1 Å². The number of ether oxygens (including phenoxy) is 2. The van der Waals surface area contributed by atoms with Crippen LogP contribution >= 0.6 is 0 Å². The third kappa shape index (κ3) is 4.83. The van der Waals surface area contributed by atoms with Gasteiger partial charge in [0.2, 0.25) is 0 Å². The fourth-order valence-electron chi connectivity index (χ4n) is 2.74. The molecule has 1 heterocycles. The van der Waals surface area contributed by atoms with E-state index in [9.17, 15) is 19.7 Å². The summed E-state index contributed by atoms with van der Waals surface area (Å²) < 4.78 is 10.6. The Balaban J connectivity index is 1.63. The van der Waals surface area contributed by atoms with Crippen molar-refractivity contribution >= 4 is 23.2 Å². The summed E-state index contributed by atoms with van der Waals surface area (Å²) in [6.07, 6.45) is 0. The number of morpholine rings is 1. The molecule has 0 aliphatic carbocycles. The summed E-state index contributed by atoms with van der Waals surface area (Å²) >= 11 is 0. The highest BCUT2D eigenvalue weighted by atomic mass is 16.6. The quantitative estimate of drug-likeness (QED) is 0.602. The molecule has 1 aliphatic rings. The molecular weight excluding hydrogens is 366 g/mol. The van der Waals surface area contributed by atoms with Crippen LogP contribution in [-0.4, -0.2) is 54.5 Å². The predicted molar refractivity (Wildman–Crippen MR) is 100 cm³/mol. The average molecular weight is 385 g/mol. The maximum Gasteiger partial charge on any atom is 0.273 e. The van der Waals surface area contributed by atoms with Crippen LogP contribution in [-0.2, 0) is 9.53 Å². The SMILES string of the molecule is O=C(COc1cccc([N+](=O)[O-])c1)Nc1ccccc1C(=O)N1CCOCC1. The smallest absolute Gasteiger partial charge is 0.273 e. The summed E-state index contributed by atoms with van der Waals surface area (Å²) in [5, 5.41) is 13.5. The van der Waals surface area contributed by atoms with Gasteiger partial charge in [-0.05, 0) is 18.2 Å². The van der Waals surface area contributed by atoms with Crippen LogP contribution in [0, 0.1) is 10.1 Å². The molecule has 2 aromatic rings. The fourth-order valence-corrected chi connectivity index (χ4v) is 2.74. The van der Waals surface area contributed by atoms with E-state index in [1.807, 2.05) is 0 Å². The van der Waals surface area contributed by atoms with E-state index in [1.165, 1.54) is 24.3 Å². The Labute approximate surface area is 161 Å². The average Bonchev–Trinajstić information content (AvgIpc) is 2.73. The molecule has 3 rings (SSSR count). The van der Waals surface area contributed by atoms with E-state index in [2.05, 4.69) is 5.32 Å². The lowest BCUT2D eigenvalue weighted by atomic mass is 10.1. The molecule has 0 saturated carbocycles. The number of benzene rings is 2. The van der Waals surface area contributed by atoms with E-state index < -0.39 is 10.8 Å². The summed E-state index contributed by atoms with van der Waals surface area (Å²) in [6.45, 7) is 1.61. The van der Waals surface area contributed by atoms with E-state index >= 15 is 0 Å². The monoisotopic (exact) mass is 385 g/mol. The van der Waals surface area contributed by atoms with Crippen molar-refractivity contribution in [1.29, 1.82) is 0 Å². The summed E-state index contributed by atoms with van der Waals surface area (Å²) in [5.74, 6) is -0.449. The lowest BCUT2D eigenvalue weighted by Crippen LogP contribution is -2.41. The van der Waals surface area contributed by atoms with Gasteiger partial charge in [0.05, 0.1) is 35.5 Å². The zero-order valence-corrected chi connectivity index (χ0v) is 15.0. The number of para-hydroxylation sites is 1. The molecule has 0 aromatic heterocycles. The van der Waals surface area contributed by atoms with Crippen molar-refractivity contribution in [3.8, 4) is 5.75 Å². The number of amides is 2. The van der Waals surface area contributed by atoms with Gasteiger partial charge in [-0.15, -0.1) is 0 Å². The fraction of sp³-hybridized carbons (Fsp3) is 0.263. The minimum Gasteiger partial charge on any atom is -0.484 e. The standard InChI is InChI=1S/C19H19N3O6/c23-18(13-28-15-5-3-4-14(12-15)22(25)26)20-17-7-2-1-6-16(17)19(24)21-8-10-27-11-9-21/h1-7,12H,8-11,13H2,(H,20,23). The number of carbonyl (C=O) groups is 2. The second-order valence-electron chi connectivity index (χ2n) is 6.04. The van der Waals surface area contributed by atoms with E-state index in [1.54, 1.807) is 29.2 Å². The maximum absolute atomic E-state index is 12.7. The van der Waals surface area contributed by atoms with Gasteiger partial charge in [-0.3, -0.25) is 19.7 Å². The topological polar surface area (TPSA) is 111 Å². The Hall–Kier alpha value is -3.46. The number of nitrogens with zero attached hydrogens (tertiary/aromatic N) is 2. The lowest BCUT2D eigenvalue weighted by molar-refractivity contribution is -0.384. The molecule has 0 spiro atoms. The van der Waals surface area contributed by atoms with Crippen LogP contribution in [0.15, 0.2) is 48.5 Å². The van der Waals surface area contributed by atoms with Crippen molar-refractivity contribution in [3.63, 3.8) is 0 Å². The van der Waals surface area contributed by atoms with E-state index in [4.69, 9.17) is 9.47 Å². The molecule has 1 N–H and O–H groups in total. The predicted octanol–water partition coefficient (Wildman–Crippen LogP) is 2.08. The zero-order chi connectivity index (χ0) is 19.9. The number of carbonyl (C=O) groups excluding carboxylic acids is 2. The van der Waals surface area contributed by atoms with Crippen LogP contribution in [0.4, 0.5) is 11.4 Å². The number of non-ortho nitro benzene ring substituents is 1. The number of rotatable bonds is 6. The van der Waals surface area contributed by atoms with Crippen molar-refractivity contribution in [2.75, 3.05) is 38.2 Å². The summed E-state index contributed by atoms with van der Waals surface area (Å²) in [7, 11) is 0. The highest BCUT2D eigenvalue weighted by molar-refractivity contribution is 6.04. The Bertz CT molecular complexity index is 879. The van der Waals surface area contributed by atoms with Gasteiger partial charge in [0.25, 0.3) is 17.5 Å². The van der Waals surface area contributed by atoms with Gasteiger partial charge >= 0.3 is 0 Å². The molecule has 0 unspecified atom stereocenters. The van der Waals surface area contributed by atoms with Crippen LogP contribution in [0.25, 0.3) is 0 Å². The molecule has 9 heteroatoms. The molecule has 9 nitrogen and oxygen atoms in total. The molecule has 1 fully saturated rings. The van der Waals surface area contributed by atoms with Crippen molar-refractivity contribution in [2.45, 2.75) is 0 Å². The maximum atomic E-state index is 12.7. The zero-order valence-electron chi connectivity index (χ0n) is 15.0. The second-order valence-corrected chi connectivity index (χ2v) is 6.04. The highest BCUT2D eigenvalue weighted by Gasteiger charge is 2.21. The normalized spacial score (nSPS) is 13.6. The van der Waals surface area contributed by atoms with Gasteiger partial charge in [0.1, 0.15) is 5.75 Å². The second kappa shape index (κ2) is 8.96. The number of anilines is 1. The van der Waals surface area contributed by atoms with Gasteiger partial charge in [-0.1, -0.05) is 18.2 Å². The first-order chi connectivity index (χ1) is 13.5. The van der Waals surface area contributed by atoms with Gasteiger partial charge in [0.15, 0.2) is 6.61 Å². The minimum absolute atomic E-state index is 0.126. The summed E-state index contributed by atoms with van der Waals surface area (Å²) in [6, 6.07) is 12.3. The Morgan fingerprint density at radius 2 is 1.89 bits per heavy atom. The largest absolute Gasteiger partial charge is 0.484 e. The van der Waals surface area contributed by atoms with E-state index in [0.717, 1.165) is 0 Å². The molecule has 0 atom stereocenters. The van der Waals surface area contributed by atoms with Crippen molar-refractivity contribution in [2.24, 2.45) is 0 Å². The van der Waals surface area contributed by atoms with Crippen molar-refractivity contribution in [1.82, 2.24) is 4.90 Å². The third-order valence-electron chi connectivity index (χ3n) is 4.13. The molecule has 2 amide bonds. The van der Waals surface area contributed by atoms with Crippen LogP contribution in [0.2, 0.25) is 0 Å². The first-order valence-electron chi connectivity index (χ1n) is 8.68. The first-order valence-corrected chi connectivity index (χ1v) is 8.68. The third-order valence-corrected chi connectivity index (χ3v) is 4.13. The summed E-state index contributed by atoms with van der Waals surface area (Å²) in [5.41, 5.74) is 0.638. The van der Waals surface area contributed by atoms with E-state index in [0.29, 0.717) is 37.6 Å². The molecular formula is C19H19N3O6. The number of nitro benzene ring substituents is 1. The van der Waals surface area contributed by atoms with E-state index in [-0.39, 0.29) is 24.0 Å². The molecule has 1 aliphatic heterocycles. The number of hydrogen-bond acceptors (Lipinski definition) is 6. The first kappa shape index (κ1) is 19.3. The Morgan fingerprint density at radius 1 is 1.14 bits per heavy atom. The van der Waals surface area contributed by atoms with Crippen LogP contribution in [0.5, 0.6) is 5.75 Å². The Kier molecular flexibility index (Phi) is 6.18. The molecule has 28 heavy (non-hydrogen) atoms. The van der Waals surface area contributed by atoms with Gasteiger partial charge < -0.3 is 19.7 Å². The van der Waals surface area contributed by atoms with Crippen molar-refractivity contribution < 1.29 is 24.0 Å². The van der Waals surface area contributed by atoms with Crippen molar-refractivity contribution in [3.05, 3.63) is 64.2 Å². The minimum atomic E-state index is -0.541. The molecule has 2 aromatic carbocycles. The summed E-state index contributed by atoms with van der Waals surface area (Å²) in [4.78, 5) is 36.9. The molecule has 0 radical (unpaired) electrons. The number of nitrogens with one attached hydrogen (secondary N) is 1. The van der Waals surface area contributed by atoms with Crippen LogP contribution in [0.1, 0.15) is 10.4 Å². The van der Waals surface area contributed by atoms with Crippen LogP contribution in [0.3, 0.4) is 0 Å².